The van der Waals surface area contributed by atoms with Gasteiger partial charge in [-0.25, -0.2) is 8.78 Å². The number of halogens is 4. The van der Waals surface area contributed by atoms with E-state index in [-0.39, 0.29) is 11.6 Å². The lowest BCUT2D eigenvalue weighted by Crippen LogP contribution is -1.97. The summed E-state index contributed by atoms with van der Waals surface area (Å²) < 4.78 is 50.7. The highest BCUT2D eigenvalue weighted by molar-refractivity contribution is 7.19. The first-order valence-corrected chi connectivity index (χ1v) is 17.7. The highest BCUT2D eigenvalue weighted by Gasteiger charge is 2.25. The Morgan fingerprint density at radius 1 is 0.622 bits per heavy atom. The van der Waals surface area contributed by atoms with Gasteiger partial charge in [-0.2, -0.15) is 8.75 Å². The molecule has 3 heterocycles. The van der Waals surface area contributed by atoms with Crippen molar-refractivity contribution in [3.05, 3.63) is 82.3 Å². The summed E-state index contributed by atoms with van der Waals surface area (Å²) >= 11 is 17.8. The first kappa shape index (κ1) is 31.9. The number of thiophene rings is 2. The van der Waals surface area contributed by atoms with Gasteiger partial charge < -0.3 is 9.47 Å². The summed E-state index contributed by atoms with van der Waals surface area (Å²) in [5.41, 5.74) is 3.44. The normalized spacial score (nSPS) is 11.4. The van der Waals surface area contributed by atoms with Crippen molar-refractivity contribution in [3.63, 3.8) is 0 Å². The molecule has 0 spiro atoms. The van der Waals surface area contributed by atoms with E-state index in [0.29, 0.717) is 68.0 Å². The topological polar surface area (TPSA) is 44.2 Å². The summed E-state index contributed by atoms with van der Waals surface area (Å²) in [5.74, 6) is 0.298. The van der Waals surface area contributed by atoms with Crippen molar-refractivity contribution in [1.29, 1.82) is 0 Å². The molecule has 0 aliphatic carbocycles. The van der Waals surface area contributed by atoms with Crippen molar-refractivity contribution in [2.24, 2.45) is 0 Å². The third-order valence-corrected chi connectivity index (χ3v) is 10.9. The van der Waals surface area contributed by atoms with Crippen LogP contribution in [0.15, 0.2) is 60.7 Å². The quantitative estimate of drug-likeness (QED) is 0.119. The van der Waals surface area contributed by atoms with Gasteiger partial charge in [0.1, 0.15) is 34.2 Å². The molecular formula is C34H28Cl2F2N2O2S3. The maximum absolute atomic E-state index is 15.1. The molecule has 3 aromatic heterocycles. The molecule has 0 fully saturated rings. The number of benzene rings is 3. The van der Waals surface area contributed by atoms with Gasteiger partial charge in [-0.1, -0.05) is 49.9 Å². The van der Waals surface area contributed by atoms with Gasteiger partial charge in [-0.3, -0.25) is 0 Å². The van der Waals surface area contributed by atoms with Crippen LogP contribution in [0, 0.1) is 11.6 Å². The number of hydrogen-bond acceptors (Lipinski definition) is 7. The van der Waals surface area contributed by atoms with Gasteiger partial charge in [0.15, 0.2) is 0 Å². The van der Waals surface area contributed by atoms with Gasteiger partial charge in [-0.15, -0.1) is 22.7 Å². The van der Waals surface area contributed by atoms with Crippen LogP contribution in [-0.2, 0) is 0 Å². The Bertz CT molecular complexity index is 1830. The van der Waals surface area contributed by atoms with Gasteiger partial charge in [0, 0.05) is 53.9 Å². The molecule has 232 valence electrons. The minimum atomic E-state index is -0.360. The van der Waals surface area contributed by atoms with Crippen molar-refractivity contribution in [3.8, 4) is 53.3 Å². The van der Waals surface area contributed by atoms with Crippen LogP contribution in [0.25, 0.3) is 52.8 Å². The van der Waals surface area contributed by atoms with Crippen molar-refractivity contribution >= 4 is 68.6 Å². The number of aromatic nitrogens is 2. The SMILES string of the molecule is CCCCOc1ccc(-c2ccc(-c3c(Cl)c(Cl)c(-c4ccc(-c5ccc(OCCCC)cc5F)s4)c4nsnc34)s2)c(F)c1. The monoisotopic (exact) mass is 700 g/mol. The minimum absolute atomic E-state index is 0.329. The first-order valence-electron chi connectivity index (χ1n) is 14.6. The summed E-state index contributed by atoms with van der Waals surface area (Å²) in [6.07, 6.45) is 3.84. The van der Waals surface area contributed by atoms with Crippen LogP contribution >= 0.6 is 57.6 Å². The molecule has 4 nitrogen and oxygen atoms in total. The smallest absolute Gasteiger partial charge is 0.135 e. The average molecular weight is 702 g/mol. The molecule has 0 saturated heterocycles. The Morgan fingerprint density at radius 3 is 1.44 bits per heavy atom. The second-order valence-corrected chi connectivity index (χ2v) is 13.8. The number of rotatable bonds is 12. The van der Waals surface area contributed by atoms with E-state index in [1.165, 1.54) is 34.8 Å². The predicted molar refractivity (Wildman–Crippen MR) is 186 cm³/mol. The fraction of sp³-hybridized carbons (Fsp3) is 0.235. The molecule has 0 N–H and O–H groups in total. The van der Waals surface area contributed by atoms with Crippen molar-refractivity contribution in [2.45, 2.75) is 39.5 Å². The molecule has 0 radical (unpaired) electrons. The summed E-state index contributed by atoms with van der Waals surface area (Å²) in [6.45, 7) is 5.26. The second kappa shape index (κ2) is 14.1. The van der Waals surface area contributed by atoms with Crippen LogP contribution in [0.2, 0.25) is 10.0 Å². The number of hydrogen-bond donors (Lipinski definition) is 0. The fourth-order valence-corrected chi connectivity index (χ4v) is 8.28. The minimum Gasteiger partial charge on any atom is -0.493 e. The number of unbranched alkanes of at least 4 members (excludes halogenated alkanes) is 2. The molecule has 6 rings (SSSR count). The summed E-state index contributed by atoms with van der Waals surface area (Å²) in [4.78, 5) is 3.06. The average Bonchev–Trinajstić information content (AvgIpc) is 3.81. The van der Waals surface area contributed by atoms with E-state index >= 15 is 8.78 Å². The first-order chi connectivity index (χ1) is 21.9. The van der Waals surface area contributed by atoms with Crippen LogP contribution in [0.5, 0.6) is 11.5 Å². The molecule has 0 unspecified atom stereocenters. The second-order valence-electron chi connectivity index (χ2n) is 10.4. The molecule has 3 aromatic carbocycles. The summed E-state index contributed by atoms with van der Waals surface area (Å²) in [5, 5.41) is 0.658. The Hall–Kier alpha value is -3.08. The van der Waals surface area contributed by atoms with E-state index in [2.05, 4.69) is 22.6 Å². The third-order valence-electron chi connectivity index (χ3n) is 7.24. The molecule has 0 aliphatic rings. The molecule has 0 saturated carbocycles. The van der Waals surface area contributed by atoms with Crippen LogP contribution in [0.1, 0.15) is 39.5 Å². The van der Waals surface area contributed by atoms with Crippen LogP contribution in [-0.4, -0.2) is 22.0 Å². The maximum Gasteiger partial charge on any atom is 0.135 e. The van der Waals surface area contributed by atoms with Gasteiger partial charge in [0.25, 0.3) is 0 Å². The van der Waals surface area contributed by atoms with Gasteiger partial charge in [0.2, 0.25) is 0 Å². The Morgan fingerprint density at radius 2 is 1.04 bits per heavy atom. The van der Waals surface area contributed by atoms with E-state index in [1.807, 2.05) is 24.3 Å². The summed E-state index contributed by atoms with van der Waals surface area (Å²) in [7, 11) is 0. The Kier molecular flexibility index (Phi) is 10.0. The zero-order valence-corrected chi connectivity index (χ0v) is 28.4. The molecule has 0 aliphatic heterocycles. The molecule has 45 heavy (non-hydrogen) atoms. The van der Waals surface area contributed by atoms with E-state index in [1.54, 1.807) is 24.3 Å². The van der Waals surface area contributed by atoms with Crippen molar-refractivity contribution < 1.29 is 18.3 Å². The zero-order valence-electron chi connectivity index (χ0n) is 24.5. The van der Waals surface area contributed by atoms with Gasteiger partial charge in [0.05, 0.1) is 35.0 Å². The highest BCUT2D eigenvalue weighted by Crippen LogP contribution is 2.50. The van der Waals surface area contributed by atoms with Crippen LogP contribution in [0.4, 0.5) is 8.78 Å². The maximum atomic E-state index is 15.1. The zero-order chi connectivity index (χ0) is 31.5. The lowest BCUT2D eigenvalue weighted by atomic mass is 10.1. The lowest BCUT2D eigenvalue weighted by Gasteiger charge is -2.10. The third kappa shape index (κ3) is 6.60. The van der Waals surface area contributed by atoms with Gasteiger partial charge in [-0.05, 0) is 61.4 Å². The number of nitrogens with zero attached hydrogens (tertiary/aromatic N) is 2. The Balaban J connectivity index is 1.32. The summed E-state index contributed by atoms with van der Waals surface area (Å²) in [6, 6.07) is 17.4. The van der Waals surface area contributed by atoms with Crippen molar-refractivity contribution in [1.82, 2.24) is 8.75 Å². The number of ether oxygens (including phenoxy) is 2. The molecule has 0 amide bonds. The van der Waals surface area contributed by atoms with Crippen LogP contribution in [0.3, 0.4) is 0 Å². The Labute approximate surface area is 282 Å². The van der Waals surface area contributed by atoms with E-state index < -0.39 is 0 Å². The largest absolute Gasteiger partial charge is 0.493 e. The van der Waals surface area contributed by atoms with Crippen LogP contribution < -0.4 is 9.47 Å². The fourth-order valence-electron chi connectivity index (χ4n) is 4.87. The lowest BCUT2D eigenvalue weighted by molar-refractivity contribution is 0.308. The molecule has 11 heteroatoms. The van der Waals surface area contributed by atoms with E-state index in [9.17, 15) is 0 Å². The van der Waals surface area contributed by atoms with E-state index in [0.717, 1.165) is 56.9 Å². The molecule has 0 atom stereocenters. The van der Waals surface area contributed by atoms with Gasteiger partial charge >= 0.3 is 0 Å². The predicted octanol–water partition coefficient (Wildman–Crippen LogP) is 12.4. The standard InChI is InChI=1S/C34H28Cl2F2N2O2S3/c1-3-5-15-41-19-7-9-21(23(37)17-19)25-11-13-27(43-25)29-31(35)32(36)30(34-33(29)39-45-40-34)28-14-12-26(44-28)22-10-8-20(18-24(22)38)42-16-6-4-2/h7-14,17-18H,3-6,15-16H2,1-2H3. The molecule has 0 bridgehead atoms. The van der Waals surface area contributed by atoms with Crippen molar-refractivity contribution in [2.75, 3.05) is 13.2 Å². The highest BCUT2D eigenvalue weighted by atomic mass is 35.5. The molecular weight excluding hydrogens is 673 g/mol. The number of fused-ring (bicyclic) bond motifs is 1. The molecule has 6 aromatic rings. The van der Waals surface area contributed by atoms with E-state index in [4.69, 9.17) is 32.7 Å².